The molecule has 1 aromatic heterocycles. The summed E-state index contributed by atoms with van der Waals surface area (Å²) in [6.07, 6.45) is 1.17. The van der Waals surface area contributed by atoms with E-state index in [2.05, 4.69) is 28.8 Å². The molecule has 0 aromatic carbocycles. The van der Waals surface area contributed by atoms with E-state index in [4.69, 9.17) is 0 Å². The van der Waals surface area contributed by atoms with Crippen LogP contribution in [0.3, 0.4) is 0 Å². The third kappa shape index (κ3) is 0.602. The molecule has 2 rings (SSSR count). The molecule has 0 bridgehead atoms. The third-order valence-corrected chi connectivity index (χ3v) is 2.18. The van der Waals surface area contributed by atoms with Gasteiger partial charge in [0.2, 0.25) is 0 Å². The van der Waals surface area contributed by atoms with E-state index in [9.17, 15) is 0 Å². The molecule has 1 heterocycles. The van der Waals surface area contributed by atoms with Crippen molar-refractivity contribution in [3.8, 4) is 0 Å². The first-order valence-electron chi connectivity index (χ1n) is 3.61. The van der Waals surface area contributed by atoms with Crippen LogP contribution in [0.15, 0.2) is 4.63 Å². The summed E-state index contributed by atoms with van der Waals surface area (Å²) >= 11 is 0. The van der Waals surface area contributed by atoms with E-state index in [0.717, 1.165) is 11.4 Å². The summed E-state index contributed by atoms with van der Waals surface area (Å²) in [5.41, 5.74) is 2.13. The largest absolute Gasteiger partial charge is 0.244 e. The van der Waals surface area contributed by atoms with E-state index in [1.54, 1.807) is 0 Å². The quantitative estimate of drug-likeness (QED) is 0.547. The zero-order valence-corrected chi connectivity index (χ0v) is 6.16. The van der Waals surface area contributed by atoms with Crippen LogP contribution in [-0.2, 0) is 0 Å². The summed E-state index contributed by atoms with van der Waals surface area (Å²) in [5, 5.41) is 7.68. The predicted octanol–water partition coefficient (Wildman–Crippen LogP) is 1.68. The Balaban J connectivity index is 2.48. The van der Waals surface area contributed by atoms with E-state index in [1.807, 2.05) is 0 Å². The Morgan fingerprint density at radius 2 is 1.70 bits per heavy atom. The molecule has 0 fully saturated rings. The highest BCUT2D eigenvalue weighted by Gasteiger charge is 2.30. The van der Waals surface area contributed by atoms with Crippen molar-refractivity contribution >= 4 is 0 Å². The van der Waals surface area contributed by atoms with Gasteiger partial charge in [-0.1, -0.05) is 24.2 Å². The lowest BCUT2D eigenvalue weighted by atomic mass is 10.1. The molecule has 1 aromatic rings. The highest BCUT2D eigenvalue weighted by Crippen LogP contribution is 2.38. The van der Waals surface area contributed by atoms with Crippen LogP contribution in [0.5, 0.6) is 0 Å². The smallest absolute Gasteiger partial charge is 0.111 e. The van der Waals surface area contributed by atoms with Crippen molar-refractivity contribution in [2.24, 2.45) is 0 Å². The van der Waals surface area contributed by atoms with Gasteiger partial charge in [-0.3, -0.25) is 0 Å². The van der Waals surface area contributed by atoms with Crippen LogP contribution >= 0.6 is 0 Å². The van der Waals surface area contributed by atoms with Crippen molar-refractivity contribution in [1.82, 2.24) is 10.3 Å². The lowest BCUT2D eigenvalue weighted by Gasteiger charge is -1.98. The second-order valence-electron chi connectivity index (χ2n) is 3.07. The molecule has 10 heavy (non-hydrogen) atoms. The minimum absolute atomic E-state index is 0.538. The summed E-state index contributed by atoms with van der Waals surface area (Å²) in [6.45, 7) is 4.32. The van der Waals surface area contributed by atoms with Gasteiger partial charge >= 0.3 is 0 Å². The molecule has 1 aliphatic carbocycles. The highest BCUT2D eigenvalue weighted by molar-refractivity contribution is 5.23. The van der Waals surface area contributed by atoms with Gasteiger partial charge in [0, 0.05) is 11.8 Å². The third-order valence-electron chi connectivity index (χ3n) is 2.18. The van der Waals surface area contributed by atoms with Gasteiger partial charge in [0.05, 0.1) is 0 Å². The van der Waals surface area contributed by atoms with E-state index in [0.29, 0.717) is 11.8 Å². The summed E-state index contributed by atoms with van der Waals surface area (Å²) in [5.74, 6) is 1.08. The number of fused-ring (bicyclic) bond motifs is 1. The Bertz CT molecular complexity index is 221. The molecule has 2 unspecified atom stereocenters. The van der Waals surface area contributed by atoms with E-state index >= 15 is 0 Å². The molecule has 0 N–H and O–H groups in total. The molecule has 54 valence electrons. The van der Waals surface area contributed by atoms with Crippen LogP contribution in [0, 0.1) is 0 Å². The van der Waals surface area contributed by atoms with E-state index < -0.39 is 0 Å². The maximum absolute atomic E-state index is 4.63. The van der Waals surface area contributed by atoms with E-state index in [1.165, 1.54) is 6.42 Å². The molecule has 0 saturated carbocycles. The molecule has 3 nitrogen and oxygen atoms in total. The fourth-order valence-electron chi connectivity index (χ4n) is 1.64. The fraction of sp³-hybridized carbons (Fsp3) is 0.714. The molecule has 1 aliphatic rings. The van der Waals surface area contributed by atoms with Gasteiger partial charge in [0.25, 0.3) is 0 Å². The molecular formula is C7H10N2O. The minimum Gasteiger partial charge on any atom is -0.244 e. The second-order valence-corrected chi connectivity index (χ2v) is 3.07. The summed E-state index contributed by atoms with van der Waals surface area (Å²) in [6, 6.07) is 0. The van der Waals surface area contributed by atoms with Crippen LogP contribution < -0.4 is 0 Å². The maximum atomic E-state index is 4.63. The molecule has 0 radical (unpaired) electrons. The molecule has 2 atom stereocenters. The van der Waals surface area contributed by atoms with Crippen LogP contribution in [-0.4, -0.2) is 10.3 Å². The number of hydrogen-bond donors (Lipinski definition) is 0. The number of aromatic nitrogens is 2. The zero-order chi connectivity index (χ0) is 7.14. The van der Waals surface area contributed by atoms with Crippen molar-refractivity contribution in [2.75, 3.05) is 0 Å². The Kier molecular flexibility index (Phi) is 1.07. The number of hydrogen-bond acceptors (Lipinski definition) is 3. The van der Waals surface area contributed by atoms with Crippen molar-refractivity contribution in [3.63, 3.8) is 0 Å². The first-order chi connectivity index (χ1) is 4.79. The van der Waals surface area contributed by atoms with Crippen LogP contribution in [0.1, 0.15) is 43.5 Å². The van der Waals surface area contributed by atoms with Gasteiger partial charge < -0.3 is 0 Å². The van der Waals surface area contributed by atoms with Crippen LogP contribution in [0.25, 0.3) is 0 Å². The molecule has 3 heteroatoms. The first-order valence-corrected chi connectivity index (χ1v) is 3.61. The monoisotopic (exact) mass is 138 g/mol. The van der Waals surface area contributed by atoms with Gasteiger partial charge in [0.15, 0.2) is 0 Å². The van der Waals surface area contributed by atoms with Crippen molar-refractivity contribution < 1.29 is 4.63 Å². The Morgan fingerprint density at radius 3 is 2.20 bits per heavy atom. The summed E-state index contributed by atoms with van der Waals surface area (Å²) in [4.78, 5) is 0. The van der Waals surface area contributed by atoms with Crippen molar-refractivity contribution in [3.05, 3.63) is 11.4 Å². The Hall–Kier alpha value is -0.860. The van der Waals surface area contributed by atoms with Gasteiger partial charge in [-0.25, -0.2) is 4.63 Å². The lowest BCUT2D eigenvalue weighted by molar-refractivity contribution is 0.290. The fourth-order valence-corrected chi connectivity index (χ4v) is 1.64. The lowest BCUT2D eigenvalue weighted by Crippen LogP contribution is -1.86. The van der Waals surface area contributed by atoms with Crippen molar-refractivity contribution in [1.29, 1.82) is 0 Å². The standard InChI is InChI=1S/C7H10N2O/c1-4-3-5(2)7-6(4)8-10-9-7/h4-5H,3H2,1-2H3. The van der Waals surface area contributed by atoms with Gasteiger partial charge in [-0.15, -0.1) is 0 Å². The zero-order valence-electron chi connectivity index (χ0n) is 6.16. The minimum atomic E-state index is 0.538. The maximum Gasteiger partial charge on any atom is 0.111 e. The SMILES string of the molecule is CC1CC(C)c2nonc21. The average Bonchev–Trinajstić information content (AvgIpc) is 2.39. The van der Waals surface area contributed by atoms with Crippen molar-refractivity contribution in [2.45, 2.75) is 32.1 Å². The van der Waals surface area contributed by atoms with Gasteiger partial charge in [-0.2, -0.15) is 0 Å². The Labute approximate surface area is 59.4 Å². The summed E-state index contributed by atoms with van der Waals surface area (Å²) in [7, 11) is 0. The Morgan fingerprint density at radius 1 is 1.20 bits per heavy atom. The molecule has 0 aliphatic heterocycles. The topological polar surface area (TPSA) is 38.9 Å². The highest BCUT2D eigenvalue weighted by atomic mass is 16.6. The normalized spacial score (nSPS) is 30.6. The number of nitrogens with zero attached hydrogens (tertiary/aromatic N) is 2. The number of rotatable bonds is 0. The molecule has 0 saturated heterocycles. The average molecular weight is 138 g/mol. The van der Waals surface area contributed by atoms with Gasteiger partial charge in [-0.05, 0) is 6.42 Å². The van der Waals surface area contributed by atoms with Crippen LogP contribution in [0.4, 0.5) is 0 Å². The first kappa shape index (κ1) is 5.89. The molecular weight excluding hydrogens is 128 g/mol. The van der Waals surface area contributed by atoms with E-state index in [-0.39, 0.29) is 0 Å². The summed E-state index contributed by atoms with van der Waals surface area (Å²) < 4.78 is 4.63. The second kappa shape index (κ2) is 1.81. The van der Waals surface area contributed by atoms with Gasteiger partial charge in [0.1, 0.15) is 11.4 Å². The molecule has 0 spiro atoms. The van der Waals surface area contributed by atoms with Crippen LogP contribution in [0.2, 0.25) is 0 Å². The predicted molar refractivity (Wildman–Crippen MR) is 35.7 cm³/mol. The molecule has 0 amide bonds.